The van der Waals surface area contributed by atoms with Crippen LogP contribution in [0.5, 0.6) is 0 Å². The number of rotatable bonds is 6. The molecule has 0 aliphatic heterocycles. The second-order valence-electron chi connectivity index (χ2n) is 4.20. The van der Waals surface area contributed by atoms with Crippen LogP contribution in [0, 0.1) is 0 Å². The highest BCUT2D eigenvalue weighted by Gasteiger charge is 2.13. The number of hydrogen-bond donors (Lipinski definition) is 1. The van der Waals surface area contributed by atoms with Crippen LogP contribution < -0.4 is 9.62 Å². The van der Waals surface area contributed by atoms with E-state index in [1.54, 1.807) is 0 Å². The first-order valence-electron chi connectivity index (χ1n) is 6.27. The Hall–Kier alpha value is -0.940. The zero-order valence-electron chi connectivity index (χ0n) is 11.9. The number of benzene rings is 1. The number of sulfonamides is 1. The van der Waals surface area contributed by atoms with E-state index in [-0.39, 0.29) is 12.4 Å². The molecule has 0 amide bonds. The van der Waals surface area contributed by atoms with Gasteiger partial charge in [0, 0.05) is 18.8 Å². The topological polar surface area (TPSA) is 49.4 Å². The van der Waals surface area contributed by atoms with Crippen molar-refractivity contribution in [1.29, 1.82) is 0 Å². The molecular weight excluding hydrogens is 284 g/mol. The average Bonchev–Trinajstić information content (AvgIpc) is 2.29. The smallest absolute Gasteiger partial charge is 0.229 e. The Balaban J connectivity index is 0.00000324. The summed E-state index contributed by atoms with van der Waals surface area (Å²) in [6.45, 7) is 8.05. The third kappa shape index (κ3) is 4.91. The first-order chi connectivity index (χ1) is 8.42. The van der Waals surface area contributed by atoms with Crippen molar-refractivity contribution in [3.8, 4) is 0 Å². The molecule has 0 radical (unpaired) electrons. The van der Waals surface area contributed by atoms with Crippen LogP contribution >= 0.6 is 12.4 Å². The zero-order chi connectivity index (χ0) is 13.8. The lowest BCUT2D eigenvalue weighted by atomic mass is 10.1. The number of hydrogen-bond acceptors (Lipinski definition) is 3. The van der Waals surface area contributed by atoms with E-state index in [9.17, 15) is 8.42 Å². The molecule has 0 atom stereocenters. The molecular formula is C13H23ClN2O2S. The molecule has 1 aromatic rings. The molecule has 6 heteroatoms. The number of anilines is 2. The van der Waals surface area contributed by atoms with Gasteiger partial charge in [-0.05, 0) is 38.0 Å². The van der Waals surface area contributed by atoms with Gasteiger partial charge in [-0.15, -0.1) is 12.4 Å². The van der Waals surface area contributed by atoms with Crippen molar-refractivity contribution < 1.29 is 8.42 Å². The van der Waals surface area contributed by atoms with Crippen molar-refractivity contribution in [2.75, 3.05) is 29.0 Å². The molecule has 1 aromatic carbocycles. The van der Waals surface area contributed by atoms with Gasteiger partial charge in [-0.2, -0.15) is 0 Å². The van der Waals surface area contributed by atoms with Gasteiger partial charge in [0.15, 0.2) is 0 Å². The first-order valence-corrected chi connectivity index (χ1v) is 8.16. The maximum Gasteiger partial charge on any atom is 0.229 e. The molecule has 0 aliphatic rings. The van der Waals surface area contributed by atoms with Crippen LogP contribution in [0.15, 0.2) is 18.2 Å². The second kappa shape index (κ2) is 7.60. The molecule has 0 saturated carbocycles. The molecule has 0 spiro atoms. The minimum absolute atomic E-state index is 0. The summed E-state index contributed by atoms with van der Waals surface area (Å²) in [4.78, 5) is 2.23. The highest BCUT2D eigenvalue weighted by Crippen LogP contribution is 2.28. The summed E-state index contributed by atoms with van der Waals surface area (Å²) in [5.74, 6) is 0. The molecule has 0 aromatic heterocycles. The van der Waals surface area contributed by atoms with Crippen molar-refractivity contribution >= 4 is 33.8 Å². The SMILES string of the molecule is CCc1c(NS(C)(=O)=O)cccc1N(CC)CC.Cl. The monoisotopic (exact) mass is 306 g/mol. The summed E-state index contributed by atoms with van der Waals surface area (Å²) in [6, 6.07) is 5.74. The fourth-order valence-corrected chi connectivity index (χ4v) is 2.69. The molecule has 0 heterocycles. The summed E-state index contributed by atoms with van der Waals surface area (Å²) in [6.07, 6.45) is 1.97. The van der Waals surface area contributed by atoms with Gasteiger partial charge in [0.25, 0.3) is 0 Å². The van der Waals surface area contributed by atoms with Gasteiger partial charge in [-0.1, -0.05) is 13.0 Å². The summed E-state index contributed by atoms with van der Waals surface area (Å²) in [7, 11) is -3.23. The van der Waals surface area contributed by atoms with Crippen molar-refractivity contribution in [2.45, 2.75) is 27.2 Å². The van der Waals surface area contributed by atoms with Crippen LogP contribution in [0.3, 0.4) is 0 Å². The highest BCUT2D eigenvalue weighted by molar-refractivity contribution is 7.92. The molecule has 0 saturated heterocycles. The van der Waals surface area contributed by atoms with Gasteiger partial charge in [-0.25, -0.2) is 8.42 Å². The van der Waals surface area contributed by atoms with Crippen LogP contribution in [0.1, 0.15) is 26.3 Å². The lowest BCUT2D eigenvalue weighted by molar-refractivity contribution is 0.606. The molecule has 4 nitrogen and oxygen atoms in total. The molecule has 0 aliphatic carbocycles. The van der Waals surface area contributed by atoms with Crippen molar-refractivity contribution in [2.24, 2.45) is 0 Å². The second-order valence-corrected chi connectivity index (χ2v) is 5.95. The van der Waals surface area contributed by atoms with Crippen LogP contribution in [-0.2, 0) is 16.4 Å². The van der Waals surface area contributed by atoms with Crippen molar-refractivity contribution in [3.05, 3.63) is 23.8 Å². The normalized spacial score (nSPS) is 10.7. The van der Waals surface area contributed by atoms with E-state index in [0.717, 1.165) is 30.8 Å². The zero-order valence-corrected chi connectivity index (χ0v) is 13.6. The molecule has 19 heavy (non-hydrogen) atoms. The number of halogens is 1. The van der Waals surface area contributed by atoms with E-state index in [0.29, 0.717) is 5.69 Å². The minimum atomic E-state index is -3.23. The Morgan fingerprint density at radius 2 is 1.74 bits per heavy atom. The van der Waals surface area contributed by atoms with E-state index >= 15 is 0 Å². The number of nitrogens with zero attached hydrogens (tertiary/aromatic N) is 1. The largest absolute Gasteiger partial charge is 0.372 e. The molecule has 0 unspecified atom stereocenters. The fourth-order valence-electron chi connectivity index (χ4n) is 2.10. The predicted molar refractivity (Wildman–Crippen MR) is 85.1 cm³/mol. The van der Waals surface area contributed by atoms with Crippen LogP contribution in [0.4, 0.5) is 11.4 Å². The van der Waals surface area contributed by atoms with Gasteiger partial charge >= 0.3 is 0 Å². The summed E-state index contributed by atoms with van der Waals surface area (Å²) in [5, 5.41) is 0. The van der Waals surface area contributed by atoms with Gasteiger partial charge in [0.1, 0.15) is 0 Å². The molecule has 0 bridgehead atoms. The Bertz CT molecular complexity index is 499. The average molecular weight is 307 g/mol. The summed E-state index contributed by atoms with van der Waals surface area (Å²) < 4.78 is 25.3. The number of nitrogens with one attached hydrogen (secondary N) is 1. The van der Waals surface area contributed by atoms with Gasteiger partial charge < -0.3 is 4.90 Å². The van der Waals surface area contributed by atoms with E-state index in [2.05, 4.69) is 23.5 Å². The predicted octanol–water partition coefficient (Wildman–Crippen LogP) is 2.89. The fraction of sp³-hybridized carbons (Fsp3) is 0.538. The van der Waals surface area contributed by atoms with E-state index in [1.807, 2.05) is 25.1 Å². The Kier molecular flexibility index (Phi) is 7.23. The summed E-state index contributed by atoms with van der Waals surface area (Å²) in [5.41, 5.74) is 2.84. The quantitative estimate of drug-likeness (QED) is 0.879. The van der Waals surface area contributed by atoms with Crippen molar-refractivity contribution in [3.63, 3.8) is 0 Å². The Morgan fingerprint density at radius 3 is 2.16 bits per heavy atom. The van der Waals surface area contributed by atoms with E-state index in [1.165, 1.54) is 6.26 Å². The molecule has 1 rings (SSSR count). The van der Waals surface area contributed by atoms with Crippen LogP contribution in [0.25, 0.3) is 0 Å². The lowest BCUT2D eigenvalue weighted by Gasteiger charge is -2.25. The Labute approximate surface area is 122 Å². The first kappa shape index (κ1) is 18.1. The van der Waals surface area contributed by atoms with E-state index in [4.69, 9.17) is 0 Å². The van der Waals surface area contributed by atoms with Crippen LogP contribution in [0.2, 0.25) is 0 Å². The van der Waals surface area contributed by atoms with Crippen LogP contribution in [-0.4, -0.2) is 27.8 Å². The highest BCUT2D eigenvalue weighted by atomic mass is 35.5. The van der Waals surface area contributed by atoms with Gasteiger partial charge in [0.2, 0.25) is 10.0 Å². The van der Waals surface area contributed by atoms with Crippen molar-refractivity contribution in [1.82, 2.24) is 0 Å². The standard InChI is InChI=1S/C13H22N2O2S.ClH/c1-5-11-12(14-18(4,16)17)9-8-10-13(11)15(6-2)7-3;/h8-10,14H,5-7H2,1-4H3;1H. The van der Waals surface area contributed by atoms with Gasteiger partial charge in [0.05, 0.1) is 11.9 Å². The van der Waals surface area contributed by atoms with E-state index < -0.39 is 10.0 Å². The Morgan fingerprint density at radius 1 is 1.16 bits per heavy atom. The van der Waals surface area contributed by atoms with Gasteiger partial charge in [-0.3, -0.25) is 4.72 Å². The third-order valence-corrected chi connectivity index (χ3v) is 3.50. The lowest BCUT2D eigenvalue weighted by Crippen LogP contribution is -2.23. The molecule has 110 valence electrons. The molecule has 1 N–H and O–H groups in total. The maximum absolute atomic E-state index is 11.4. The third-order valence-electron chi connectivity index (χ3n) is 2.90. The molecule has 0 fully saturated rings. The maximum atomic E-state index is 11.4. The summed E-state index contributed by atoms with van der Waals surface area (Å²) >= 11 is 0. The minimum Gasteiger partial charge on any atom is -0.372 e.